The predicted molar refractivity (Wildman–Crippen MR) is 79.9 cm³/mol. The number of nitrogens with one attached hydrogen (secondary N) is 1. The third-order valence-electron chi connectivity index (χ3n) is 3.58. The summed E-state index contributed by atoms with van der Waals surface area (Å²) in [7, 11) is 0. The lowest BCUT2D eigenvalue weighted by atomic mass is 9.89. The molecule has 1 heterocycles. The van der Waals surface area contributed by atoms with Gasteiger partial charge < -0.3 is 11.1 Å². The normalized spacial score (nSPS) is 16.5. The summed E-state index contributed by atoms with van der Waals surface area (Å²) in [6.07, 6.45) is 6.74. The molecule has 1 aliphatic carbocycles. The molecule has 0 aromatic carbocycles. The molecule has 1 aromatic heterocycles. The molecule has 1 saturated carbocycles. The van der Waals surface area contributed by atoms with E-state index in [0.717, 1.165) is 29.5 Å². The van der Waals surface area contributed by atoms with E-state index in [0.29, 0.717) is 4.99 Å². The lowest BCUT2D eigenvalue weighted by Crippen LogP contribution is -2.20. The highest BCUT2D eigenvalue weighted by Gasteiger charge is 2.14. The molecule has 0 bridgehead atoms. The summed E-state index contributed by atoms with van der Waals surface area (Å²) in [5.41, 5.74) is 7.57. The van der Waals surface area contributed by atoms with Crippen LogP contribution in [0.15, 0.2) is 12.1 Å². The Morgan fingerprint density at radius 2 is 2.11 bits per heavy atom. The van der Waals surface area contributed by atoms with E-state index >= 15 is 0 Å². The maximum atomic E-state index is 5.72. The van der Waals surface area contributed by atoms with E-state index in [9.17, 15) is 0 Å². The van der Waals surface area contributed by atoms with Crippen molar-refractivity contribution in [3.05, 3.63) is 23.4 Å². The SMILES string of the molecule is Cc1ccc(C(N)=S)c(NCC2CCCCC2)n1. The highest BCUT2D eigenvalue weighted by molar-refractivity contribution is 7.80. The van der Waals surface area contributed by atoms with Gasteiger partial charge in [0.1, 0.15) is 10.8 Å². The zero-order valence-corrected chi connectivity index (χ0v) is 11.7. The average Bonchev–Trinajstić information content (AvgIpc) is 2.37. The van der Waals surface area contributed by atoms with Crippen LogP contribution in [0.2, 0.25) is 0 Å². The number of rotatable bonds is 4. The van der Waals surface area contributed by atoms with E-state index in [2.05, 4.69) is 10.3 Å². The van der Waals surface area contributed by atoms with Crippen LogP contribution in [-0.4, -0.2) is 16.5 Å². The summed E-state index contributed by atoms with van der Waals surface area (Å²) < 4.78 is 0. The summed E-state index contributed by atoms with van der Waals surface area (Å²) in [5, 5.41) is 3.43. The van der Waals surface area contributed by atoms with Gasteiger partial charge >= 0.3 is 0 Å². The number of nitrogens with two attached hydrogens (primary N) is 1. The van der Waals surface area contributed by atoms with E-state index in [1.54, 1.807) is 0 Å². The molecule has 0 amide bonds. The molecular formula is C14H21N3S. The number of pyridine rings is 1. The van der Waals surface area contributed by atoms with Crippen LogP contribution in [-0.2, 0) is 0 Å². The lowest BCUT2D eigenvalue weighted by Gasteiger charge is -2.22. The molecule has 4 heteroatoms. The summed E-state index contributed by atoms with van der Waals surface area (Å²) in [6.45, 7) is 2.96. The van der Waals surface area contributed by atoms with Gasteiger partial charge in [0.15, 0.2) is 0 Å². The van der Waals surface area contributed by atoms with Crippen molar-refractivity contribution >= 4 is 23.0 Å². The summed E-state index contributed by atoms with van der Waals surface area (Å²) in [5.74, 6) is 1.60. The van der Waals surface area contributed by atoms with Gasteiger partial charge in [0.05, 0.1) is 5.56 Å². The Morgan fingerprint density at radius 3 is 2.78 bits per heavy atom. The predicted octanol–water partition coefficient (Wildman–Crippen LogP) is 3.02. The molecule has 0 atom stereocenters. The van der Waals surface area contributed by atoms with Crippen molar-refractivity contribution < 1.29 is 0 Å². The first kappa shape index (κ1) is 13.3. The van der Waals surface area contributed by atoms with Crippen molar-refractivity contribution in [3.63, 3.8) is 0 Å². The quantitative estimate of drug-likeness (QED) is 0.820. The van der Waals surface area contributed by atoms with E-state index in [1.807, 2.05) is 19.1 Å². The largest absolute Gasteiger partial charge is 0.389 e. The number of anilines is 1. The zero-order valence-electron chi connectivity index (χ0n) is 10.9. The van der Waals surface area contributed by atoms with E-state index in [4.69, 9.17) is 18.0 Å². The van der Waals surface area contributed by atoms with Crippen molar-refractivity contribution in [2.45, 2.75) is 39.0 Å². The second kappa shape index (κ2) is 6.14. The molecular weight excluding hydrogens is 242 g/mol. The molecule has 0 saturated heterocycles. The highest BCUT2D eigenvalue weighted by Crippen LogP contribution is 2.24. The van der Waals surface area contributed by atoms with Crippen molar-refractivity contribution in [2.75, 3.05) is 11.9 Å². The van der Waals surface area contributed by atoms with Gasteiger partial charge in [-0.1, -0.05) is 31.5 Å². The van der Waals surface area contributed by atoms with Crippen LogP contribution >= 0.6 is 12.2 Å². The minimum Gasteiger partial charge on any atom is -0.389 e. The zero-order chi connectivity index (χ0) is 13.0. The minimum atomic E-state index is 0.411. The summed E-state index contributed by atoms with van der Waals surface area (Å²) >= 11 is 5.06. The number of hydrogen-bond acceptors (Lipinski definition) is 3. The van der Waals surface area contributed by atoms with Crippen LogP contribution in [0.25, 0.3) is 0 Å². The molecule has 3 N–H and O–H groups in total. The number of aromatic nitrogens is 1. The van der Waals surface area contributed by atoms with Gasteiger partial charge in [0.2, 0.25) is 0 Å². The van der Waals surface area contributed by atoms with Gasteiger partial charge in [-0.2, -0.15) is 0 Å². The maximum Gasteiger partial charge on any atom is 0.136 e. The summed E-state index contributed by atoms with van der Waals surface area (Å²) in [6, 6.07) is 3.90. The molecule has 0 spiro atoms. The first-order valence-electron chi connectivity index (χ1n) is 6.68. The molecule has 1 aliphatic rings. The molecule has 3 nitrogen and oxygen atoms in total. The molecule has 0 radical (unpaired) electrons. The molecule has 18 heavy (non-hydrogen) atoms. The van der Waals surface area contributed by atoms with Gasteiger partial charge in [-0.3, -0.25) is 0 Å². The molecule has 0 aliphatic heterocycles. The smallest absolute Gasteiger partial charge is 0.136 e. The monoisotopic (exact) mass is 263 g/mol. The molecule has 1 aromatic rings. The van der Waals surface area contributed by atoms with E-state index < -0.39 is 0 Å². The third kappa shape index (κ3) is 3.42. The Kier molecular flexibility index (Phi) is 4.53. The van der Waals surface area contributed by atoms with Gasteiger partial charge in [0.25, 0.3) is 0 Å². The fourth-order valence-corrected chi connectivity index (χ4v) is 2.69. The van der Waals surface area contributed by atoms with Crippen molar-refractivity contribution in [1.29, 1.82) is 0 Å². The fraction of sp³-hybridized carbons (Fsp3) is 0.571. The Labute approximate surface area is 114 Å². The third-order valence-corrected chi connectivity index (χ3v) is 3.80. The van der Waals surface area contributed by atoms with Gasteiger partial charge in [-0.05, 0) is 37.8 Å². The Balaban J connectivity index is 2.03. The molecule has 2 rings (SSSR count). The second-order valence-electron chi connectivity index (χ2n) is 5.10. The number of aryl methyl sites for hydroxylation is 1. The van der Waals surface area contributed by atoms with Crippen molar-refractivity contribution in [3.8, 4) is 0 Å². The first-order valence-corrected chi connectivity index (χ1v) is 7.09. The number of thiocarbonyl (C=S) groups is 1. The van der Waals surface area contributed by atoms with E-state index in [1.165, 1.54) is 32.1 Å². The highest BCUT2D eigenvalue weighted by atomic mass is 32.1. The number of nitrogens with zero attached hydrogens (tertiary/aromatic N) is 1. The minimum absolute atomic E-state index is 0.411. The van der Waals surface area contributed by atoms with Crippen LogP contribution in [0.5, 0.6) is 0 Å². The Bertz CT molecular complexity index is 425. The maximum absolute atomic E-state index is 5.72. The average molecular weight is 263 g/mol. The standard InChI is InChI=1S/C14H21N3S/c1-10-7-8-12(13(15)18)14(17-10)16-9-11-5-3-2-4-6-11/h7-8,11H,2-6,9H2,1H3,(H2,15,18)(H,16,17). The molecule has 98 valence electrons. The van der Waals surface area contributed by atoms with Gasteiger partial charge in [-0.25, -0.2) is 4.98 Å². The van der Waals surface area contributed by atoms with Crippen LogP contribution in [0.4, 0.5) is 5.82 Å². The lowest BCUT2D eigenvalue weighted by molar-refractivity contribution is 0.373. The van der Waals surface area contributed by atoms with Crippen LogP contribution < -0.4 is 11.1 Å². The molecule has 1 fully saturated rings. The van der Waals surface area contributed by atoms with E-state index in [-0.39, 0.29) is 0 Å². The number of hydrogen-bond donors (Lipinski definition) is 2. The summed E-state index contributed by atoms with van der Waals surface area (Å²) in [4.78, 5) is 4.91. The van der Waals surface area contributed by atoms with Crippen LogP contribution in [0.3, 0.4) is 0 Å². The van der Waals surface area contributed by atoms with Gasteiger partial charge in [0, 0.05) is 12.2 Å². The van der Waals surface area contributed by atoms with Crippen LogP contribution in [0.1, 0.15) is 43.4 Å². The second-order valence-corrected chi connectivity index (χ2v) is 5.54. The fourth-order valence-electron chi connectivity index (χ4n) is 2.52. The van der Waals surface area contributed by atoms with Crippen molar-refractivity contribution in [1.82, 2.24) is 4.98 Å². The van der Waals surface area contributed by atoms with Gasteiger partial charge in [-0.15, -0.1) is 0 Å². The first-order chi connectivity index (χ1) is 8.66. The molecule has 0 unspecified atom stereocenters. The Hall–Kier alpha value is -1.16. The Morgan fingerprint density at radius 1 is 1.39 bits per heavy atom. The van der Waals surface area contributed by atoms with Crippen molar-refractivity contribution in [2.24, 2.45) is 11.7 Å². The van der Waals surface area contributed by atoms with Crippen LogP contribution in [0, 0.1) is 12.8 Å². The topological polar surface area (TPSA) is 50.9 Å².